The van der Waals surface area contributed by atoms with E-state index in [0.717, 1.165) is 0 Å². The summed E-state index contributed by atoms with van der Waals surface area (Å²) in [5, 5.41) is 13.2. The van der Waals surface area contributed by atoms with Crippen LogP contribution in [0.2, 0.25) is 0 Å². The van der Waals surface area contributed by atoms with Crippen LogP contribution in [0.1, 0.15) is 58.4 Å². The highest BCUT2D eigenvalue weighted by atomic mass is 32.2. The lowest BCUT2D eigenvalue weighted by Crippen LogP contribution is -2.54. The van der Waals surface area contributed by atoms with Crippen LogP contribution in [0.4, 0.5) is 0 Å². The Balaban J connectivity index is 3.10. The Morgan fingerprint density at radius 3 is 2.23 bits per heavy atom. The van der Waals surface area contributed by atoms with Crippen LogP contribution >= 0.6 is 0 Å². The lowest BCUT2D eigenvalue weighted by atomic mass is 9.92. The van der Waals surface area contributed by atoms with E-state index in [1.165, 1.54) is 20.8 Å². The van der Waals surface area contributed by atoms with Gasteiger partial charge in [0.05, 0.1) is 0 Å². The van der Waals surface area contributed by atoms with Gasteiger partial charge in [0.25, 0.3) is 0 Å². The number of carbonyl (C=O) groups is 2. The standard InChI is InChI=1S/C16H26N2O7S/c1-7-16(14(20)21,9-8-12(19)24-15(4,5)6)18-26(22,23)13-10(2)17-25-11(13)3/h18H,7-9H2,1-6H3,(H,20,21)/t16-/m0/s1. The number of nitrogens with one attached hydrogen (secondary N) is 1. The molecule has 0 aliphatic heterocycles. The molecule has 0 saturated carbocycles. The summed E-state index contributed by atoms with van der Waals surface area (Å²) in [5.41, 5.74) is -2.45. The van der Waals surface area contributed by atoms with Crippen LogP contribution in [0, 0.1) is 13.8 Å². The molecule has 0 unspecified atom stereocenters. The number of rotatable bonds is 8. The van der Waals surface area contributed by atoms with Gasteiger partial charge in [-0.15, -0.1) is 0 Å². The molecule has 0 amide bonds. The first-order valence-corrected chi connectivity index (χ1v) is 9.64. The van der Waals surface area contributed by atoms with Crippen molar-refractivity contribution < 1.29 is 32.4 Å². The first-order valence-electron chi connectivity index (χ1n) is 8.16. The van der Waals surface area contributed by atoms with E-state index in [1.54, 1.807) is 20.8 Å². The lowest BCUT2D eigenvalue weighted by Gasteiger charge is -2.29. The average molecular weight is 390 g/mol. The topological polar surface area (TPSA) is 136 Å². The third-order valence-electron chi connectivity index (χ3n) is 3.76. The number of hydrogen-bond acceptors (Lipinski definition) is 7. The molecule has 1 aromatic rings. The van der Waals surface area contributed by atoms with Gasteiger partial charge in [-0.1, -0.05) is 12.1 Å². The minimum atomic E-state index is -4.22. The van der Waals surface area contributed by atoms with Gasteiger partial charge in [-0.25, -0.2) is 8.42 Å². The molecule has 1 aromatic heterocycles. The Labute approximate surface area is 153 Å². The van der Waals surface area contributed by atoms with Crippen molar-refractivity contribution in [3.05, 3.63) is 11.5 Å². The molecular formula is C16H26N2O7S. The normalized spacial score (nSPS) is 14.7. The largest absolute Gasteiger partial charge is 0.480 e. The van der Waals surface area contributed by atoms with E-state index in [9.17, 15) is 23.1 Å². The maximum absolute atomic E-state index is 12.7. The first-order chi connectivity index (χ1) is 11.7. The highest BCUT2D eigenvalue weighted by molar-refractivity contribution is 7.89. The molecule has 1 heterocycles. The maximum Gasteiger partial charge on any atom is 0.324 e. The fourth-order valence-electron chi connectivity index (χ4n) is 2.48. The Hall–Kier alpha value is -1.94. The number of sulfonamides is 1. The van der Waals surface area contributed by atoms with E-state index in [-0.39, 0.29) is 35.6 Å². The van der Waals surface area contributed by atoms with Crippen molar-refractivity contribution >= 4 is 22.0 Å². The van der Waals surface area contributed by atoms with Gasteiger partial charge in [0.1, 0.15) is 21.7 Å². The van der Waals surface area contributed by atoms with Crippen molar-refractivity contribution in [2.75, 3.05) is 0 Å². The monoisotopic (exact) mass is 390 g/mol. The predicted molar refractivity (Wildman–Crippen MR) is 92.0 cm³/mol. The number of aliphatic carboxylic acids is 1. The van der Waals surface area contributed by atoms with Crippen LogP contribution in [0.3, 0.4) is 0 Å². The van der Waals surface area contributed by atoms with E-state index >= 15 is 0 Å². The lowest BCUT2D eigenvalue weighted by molar-refractivity contribution is -0.155. The Kier molecular flexibility index (Phi) is 6.59. The van der Waals surface area contributed by atoms with E-state index in [1.807, 2.05) is 0 Å². The molecule has 0 spiro atoms. The van der Waals surface area contributed by atoms with Gasteiger partial charge in [0.15, 0.2) is 5.76 Å². The molecule has 0 radical (unpaired) electrons. The smallest absolute Gasteiger partial charge is 0.324 e. The third-order valence-corrected chi connectivity index (χ3v) is 5.53. The van der Waals surface area contributed by atoms with Crippen LogP contribution in [0.15, 0.2) is 9.42 Å². The SMILES string of the molecule is CC[C@@](CCC(=O)OC(C)(C)C)(NS(=O)(=O)c1c(C)noc1C)C(=O)O. The van der Waals surface area contributed by atoms with Crippen LogP contribution in [0.5, 0.6) is 0 Å². The molecule has 9 nitrogen and oxygen atoms in total. The maximum atomic E-state index is 12.7. The molecule has 1 rings (SSSR count). The quantitative estimate of drug-likeness (QED) is 0.643. The van der Waals surface area contributed by atoms with Gasteiger partial charge in [-0.2, -0.15) is 4.72 Å². The molecule has 148 valence electrons. The molecule has 0 aromatic carbocycles. The number of nitrogens with zero attached hydrogens (tertiary/aromatic N) is 1. The molecule has 0 bridgehead atoms. The van der Waals surface area contributed by atoms with Gasteiger partial charge in [-0.3, -0.25) is 9.59 Å². The first kappa shape index (κ1) is 22.1. The summed E-state index contributed by atoms with van der Waals surface area (Å²) in [4.78, 5) is 23.6. The number of hydrogen-bond donors (Lipinski definition) is 2. The molecule has 0 aliphatic rings. The number of aromatic nitrogens is 1. The van der Waals surface area contributed by atoms with Crippen molar-refractivity contribution in [1.29, 1.82) is 0 Å². The Bertz CT molecular complexity index is 758. The minimum absolute atomic E-state index is 0.0533. The Morgan fingerprint density at radius 2 is 1.85 bits per heavy atom. The summed E-state index contributed by atoms with van der Waals surface area (Å²) in [6.45, 7) is 9.46. The van der Waals surface area contributed by atoms with Crippen LogP contribution in [-0.2, 0) is 24.3 Å². The minimum Gasteiger partial charge on any atom is -0.480 e. The molecule has 26 heavy (non-hydrogen) atoms. The summed E-state index contributed by atoms with van der Waals surface area (Å²) in [6, 6.07) is 0. The predicted octanol–water partition coefficient (Wildman–Crippen LogP) is 1.93. The molecule has 0 saturated heterocycles. The van der Waals surface area contributed by atoms with Crippen LogP contribution in [0.25, 0.3) is 0 Å². The average Bonchev–Trinajstić information content (AvgIpc) is 2.81. The van der Waals surface area contributed by atoms with Crippen molar-refractivity contribution in [1.82, 2.24) is 9.88 Å². The molecular weight excluding hydrogens is 364 g/mol. The highest BCUT2D eigenvalue weighted by Crippen LogP contribution is 2.26. The second kappa shape index (κ2) is 7.75. The van der Waals surface area contributed by atoms with Gasteiger partial charge >= 0.3 is 11.9 Å². The zero-order valence-corrected chi connectivity index (χ0v) is 16.7. The summed E-state index contributed by atoms with van der Waals surface area (Å²) in [5.74, 6) is -1.93. The number of esters is 1. The molecule has 0 aliphatic carbocycles. The van der Waals surface area contributed by atoms with Crippen LogP contribution in [-0.4, -0.2) is 41.8 Å². The second-order valence-corrected chi connectivity index (χ2v) is 8.71. The van der Waals surface area contributed by atoms with E-state index in [2.05, 4.69) is 9.88 Å². The van der Waals surface area contributed by atoms with Gasteiger partial charge < -0.3 is 14.4 Å². The number of ether oxygens (including phenoxy) is 1. The van der Waals surface area contributed by atoms with Gasteiger partial charge in [-0.05, 0) is 47.5 Å². The van der Waals surface area contributed by atoms with Crippen molar-refractivity contribution in [3.63, 3.8) is 0 Å². The number of aryl methyl sites for hydroxylation is 2. The number of carbonyl (C=O) groups excluding carboxylic acids is 1. The zero-order chi connectivity index (χ0) is 20.3. The molecule has 0 fully saturated rings. The molecule has 10 heteroatoms. The van der Waals surface area contributed by atoms with Crippen molar-refractivity contribution in [2.24, 2.45) is 0 Å². The third kappa shape index (κ3) is 5.28. The van der Waals surface area contributed by atoms with E-state index in [0.29, 0.717) is 0 Å². The van der Waals surface area contributed by atoms with E-state index in [4.69, 9.17) is 9.26 Å². The van der Waals surface area contributed by atoms with Gasteiger partial charge in [0, 0.05) is 6.42 Å². The second-order valence-electron chi connectivity index (χ2n) is 7.09. The van der Waals surface area contributed by atoms with E-state index < -0.39 is 33.1 Å². The fraction of sp³-hybridized carbons (Fsp3) is 0.688. The Morgan fingerprint density at radius 1 is 1.27 bits per heavy atom. The number of carboxylic acid groups (broad SMARTS) is 1. The fourth-order valence-corrected chi connectivity index (χ4v) is 4.27. The highest BCUT2D eigenvalue weighted by Gasteiger charge is 2.43. The van der Waals surface area contributed by atoms with Crippen LogP contribution < -0.4 is 4.72 Å². The zero-order valence-electron chi connectivity index (χ0n) is 15.9. The molecule has 1 atom stereocenters. The molecule has 2 N–H and O–H groups in total. The van der Waals surface area contributed by atoms with Gasteiger partial charge in [0.2, 0.25) is 10.0 Å². The summed E-state index contributed by atoms with van der Waals surface area (Å²) >= 11 is 0. The summed E-state index contributed by atoms with van der Waals surface area (Å²) in [7, 11) is -4.22. The number of carboxylic acids is 1. The van der Waals surface area contributed by atoms with Crippen molar-refractivity contribution in [2.45, 2.75) is 76.8 Å². The van der Waals surface area contributed by atoms with Crippen molar-refractivity contribution in [3.8, 4) is 0 Å². The summed E-state index contributed by atoms with van der Waals surface area (Å²) in [6.07, 6.45) is -0.564. The summed E-state index contributed by atoms with van der Waals surface area (Å²) < 4.78 is 37.6.